The van der Waals surface area contributed by atoms with E-state index < -0.39 is 5.69 Å². The van der Waals surface area contributed by atoms with Crippen LogP contribution in [0.4, 0.5) is 0 Å². The molecule has 1 aliphatic heterocycles. The number of carbonyl (C=O) groups is 1. The van der Waals surface area contributed by atoms with Gasteiger partial charge in [0.05, 0.1) is 16.9 Å². The van der Waals surface area contributed by atoms with E-state index in [1.165, 1.54) is 4.57 Å². The summed E-state index contributed by atoms with van der Waals surface area (Å²) in [6, 6.07) is 12.5. The fraction of sp³-hybridized carbons (Fsp3) is 0.375. The van der Waals surface area contributed by atoms with E-state index >= 15 is 0 Å². The molecule has 1 saturated carbocycles. The first-order chi connectivity index (χ1) is 15.6. The Balaban J connectivity index is 1.45. The van der Waals surface area contributed by atoms with Crippen LogP contribution in [0, 0.1) is 5.92 Å². The molecule has 1 aromatic heterocycles. The van der Waals surface area contributed by atoms with E-state index in [0.29, 0.717) is 41.5 Å². The van der Waals surface area contributed by atoms with E-state index in [-0.39, 0.29) is 30.6 Å². The molecule has 5 rings (SSSR count). The van der Waals surface area contributed by atoms with E-state index in [2.05, 4.69) is 5.32 Å². The van der Waals surface area contributed by atoms with Crippen molar-refractivity contribution in [3.05, 3.63) is 68.9 Å². The van der Waals surface area contributed by atoms with Crippen molar-refractivity contribution < 1.29 is 14.3 Å². The van der Waals surface area contributed by atoms with E-state index in [4.69, 9.17) is 9.47 Å². The summed E-state index contributed by atoms with van der Waals surface area (Å²) in [6.45, 7) is 2.85. The normalized spacial score (nSPS) is 16.0. The summed E-state index contributed by atoms with van der Waals surface area (Å²) in [5, 5.41) is 3.54. The van der Waals surface area contributed by atoms with Crippen molar-refractivity contribution in [1.82, 2.24) is 14.5 Å². The zero-order chi connectivity index (χ0) is 22.2. The Hall–Kier alpha value is -3.55. The summed E-state index contributed by atoms with van der Waals surface area (Å²) in [4.78, 5) is 38.7. The molecule has 166 valence electrons. The van der Waals surface area contributed by atoms with Crippen LogP contribution in [0.2, 0.25) is 0 Å². The largest absolute Gasteiger partial charge is 0.486 e. The third-order valence-corrected chi connectivity index (χ3v) is 6.09. The van der Waals surface area contributed by atoms with Gasteiger partial charge in [-0.2, -0.15) is 0 Å². The monoisotopic (exact) mass is 435 g/mol. The minimum Gasteiger partial charge on any atom is -0.486 e. The Morgan fingerprint density at radius 1 is 1.06 bits per heavy atom. The van der Waals surface area contributed by atoms with Gasteiger partial charge >= 0.3 is 5.69 Å². The van der Waals surface area contributed by atoms with E-state index in [0.717, 1.165) is 23.0 Å². The molecule has 1 amide bonds. The number of nitrogens with one attached hydrogen (secondary N) is 1. The third kappa shape index (κ3) is 3.66. The van der Waals surface area contributed by atoms with Gasteiger partial charge in [0.2, 0.25) is 5.91 Å². The number of para-hydroxylation sites is 1. The predicted octanol–water partition coefficient (Wildman–Crippen LogP) is 2.22. The molecule has 2 aromatic carbocycles. The van der Waals surface area contributed by atoms with E-state index in [9.17, 15) is 14.4 Å². The first-order valence-corrected chi connectivity index (χ1v) is 11.0. The number of benzene rings is 2. The van der Waals surface area contributed by atoms with Crippen molar-refractivity contribution in [2.75, 3.05) is 13.2 Å². The molecule has 2 aliphatic rings. The number of ether oxygens (including phenoxy) is 2. The highest BCUT2D eigenvalue weighted by Crippen LogP contribution is 2.43. The molecule has 32 heavy (non-hydrogen) atoms. The van der Waals surface area contributed by atoms with Gasteiger partial charge in [-0.1, -0.05) is 18.2 Å². The number of hydrogen-bond donors (Lipinski definition) is 1. The fourth-order valence-corrected chi connectivity index (χ4v) is 4.32. The zero-order valence-electron chi connectivity index (χ0n) is 17.9. The average molecular weight is 435 g/mol. The van der Waals surface area contributed by atoms with Crippen LogP contribution >= 0.6 is 0 Å². The van der Waals surface area contributed by atoms with Crippen LogP contribution < -0.4 is 26.0 Å². The Morgan fingerprint density at radius 3 is 2.56 bits per heavy atom. The minimum atomic E-state index is -0.478. The standard InChI is InChI=1S/C24H25N3O5/c1-2-26-23(29)17-5-3-4-6-18(17)27(24(26)30)14-21(28)25-22(15-7-8-15)16-9-10-19-20(13-16)32-12-11-31-19/h3-6,9-10,13,15,22H,2,7-8,11-12,14H2,1H3,(H,25,28). The number of aromatic nitrogens is 2. The molecular weight excluding hydrogens is 410 g/mol. The molecular formula is C24H25N3O5. The van der Waals surface area contributed by atoms with Gasteiger partial charge in [-0.05, 0) is 55.5 Å². The zero-order valence-corrected chi connectivity index (χ0v) is 17.9. The third-order valence-electron chi connectivity index (χ3n) is 6.09. The van der Waals surface area contributed by atoms with Crippen molar-refractivity contribution in [2.24, 2.45) is 5.92 Å². The molecule has 0 bridgehead atoms. The molecule has 1 aliphatic carbocycles. The SMILES string of the molecule is CCn1c(=O)c2ccccc2n(CC(=O)NC(c2ccc3c(c2)OCCO3)C2CC2)c1=O. The summed E-state index contributed by atoms with van der Waals surface area (Å²) in [7, 11) is 0. The second-order valence-electron chi connectivity index (χ2n) is 8.22. The van der Waals surface area contributed by atoms with Gasteiger partial charge in [-0.25, -0.2) is 4.79 Å². The van der Waals surface area contributed by atoms with Gasteiger partial charge in [0, 0.05) is 6.54 Å². The highest BCUT2D eigenvalue weighted by Gasteiger charge is 2.34. The molecule has 3 aromatic rings. The first-order valence-electron chi connectivity index (χ1n) is 11.0. The van der Waals surface area contributed by atoms with Gasteiger partial charge in [-0.3, -0.25) is 18.7 Å². The van der Waals surface area contributed by atoms with Crippen LogP contribution in [0.3, 0.4) is 0 Å². The van der Waals surface area contributed by atoms with E-state index in [1.807, 2.05) is 18.2 Å². The average Bonchev–Trinajstić information content (AvgIpc) is 3.66. The van der Waals surface area contributed by atoms with Crippen molar-refractivity contribution in [1.29, 1.82) is 0 Å². The van der Waals surface area contributed by atoms with Crippen molar-refractivity contribution in [2.45, 2.75) is 38.9 Å². The van der Waals surface area contributed by atoms with Crippen LogP contribution in [0.15, 0.2) is 52.1 Å². The molecule has 0 saturated heterocycles. The first kappa shape index (κ1) is 20.4. The maximum atomic E-state index is 13.1. The van der Waals surface area contributed by atoms with Crippen LogP contribution in [0.1, 0.15) is 31.4 Å². The Kier molecular flexibility index (Phi) is 5.20. The molecule has 8 heteroatoms. The number of rotatable bonds is 6. The van der Waals surface area contributed by atoms with Crippen molar-refractivity contribution >= 4 is 16.8 Å². The second-order valence-corrected chi connectivity index (χ2v) is 8.22. The lowest BCUT2D eigenvalue weighted by Crippen LogP contribution is -2.43. The Bertz CT molecular complexity index is 1310. The summed E-state index contributed by atoms with van der Waals surface area (Å²) in [5.41, 5.74) is 0.607. The molecule has 0 radical (unpaired) electrons. The predicted molar refractivity (Wildman–Crippen MR) is 119 cm³/mol. The topological polar surface area (TPSA) is 91.6 Å². The van der Waals surface area contributed by atoms with Crippen LogP contribution in [-0.4, -0.2) is 28.3 Å². The van der Waals surface area contributed by atoms with Crippen LogP contribution in [0.5, 0.6) is 11.5 Å². The Morgan fingerprint density at radius 2 is 1.81 bits per heavy atom. The molecule has 2 heterocycles. The highest BCUT2D eigenvalue weighted by atomic mass is 16.6. The number of amides is 1. The van der Waals surface area contributed by atoms with Gasteiger partial charge in [0.1, 0.15) is 19.8 Å². The molecule has 1 fully saturated rings. The van der Waals surface area contributed by atoms with Crippen molar-refractivity contribution in [3.63, 3.8) is 0 Å². The van der Waals surface area contributed by atoms with Crippen LogP contribution in [0.25, 0.3) is 10.9 Å². The van der Waals surface area contributed by atoms with Gasteiger partial charge < -0.3 is 14.8 Å². The molecule has 8 nitrogen and oxygen atoms in total. The number of nitrogens with zero attached hydrogens (tertiary/aromatic N) is 2. The molecule has 1 N–H and O–H groups in total. The number of hydrogen-bond acceptors (Lipinski definition) is 5. The summed E-state index contributed by atoms with van der Waals surface area (Å²) < 4.78 is 13.8. The quantitative estimate of drug-likeness (QED) is 0.641. The maximum Gasteiger partial charge on any atom is 0.331 e. The van der Waals surface area contributed by atoms with Gasteiger partial charge in [0.25, 0.3) is 5.56 Å². The fourth-order valence-electron chi connectivity index (χ4n) is 4.32. The van der Waals surface area contributed by atoms with Crippen LogP contribution in [-0.2, 0) is 17.9 Å². The van der Waals surface area contributed by atoms with Crippen molar-refractivity contribution in [3.8, 4) is 11.5 Å². The number of fused-ring (bicyclic) bond motifs is 2. The lowest BCUT2D eigenvalue weighted by Gasteiger charge is -2.23. The van der Waals surface area contributed by atoms with Gasteiger partial charge in [-0.15, -0.1) is 0 Å². The summed E-state index contributed by atoms with van der Waals surface area (Å²) >= 11 is 0. The van der Waals surface area contributed by atoms with Gasteiger partial charge in [0.15, 0.2) is 11.5 Å². The number of carbonyl (C=O) groups excluding carboxylic acids is 1. The molecule has 1 unspecified atom stereocenters. The summed E-state index contributed by atoms with van der Waals surface area (Å²) in [5.74, 6) is 1.47. The summed E-state index contributed by atoms with van der Waals surface area (Å²) in [6.07, 6.45) is 2.06. The lowest BCUT2D eigenvalue weighted by molar-refractivity contribution is -0.122. The maximum absolute atomic E-state index is 13.1. The second kappa shape index (κ2) is 8.18. The van der Waals surface area contributed by atoms with E-state index in [1.54, 1.807) is 31.2 Å². The smallest absolute Gasteiger partial charge is 0.331 e. The molecule has 0 spiro atoms. The minimum absolute atomic E-state index is 0.159. The highest BCUT2D eigenvalue weighted by molar-refractivity contribution is 5.82. The Labute approximate surface area is 184 Å². The lowest BCUT2D eigenvalue weighted by atomic mass is 10.0. The molecule has 1 atom stereocenters.